The van der Waals surface area contributed by atoms with E-state index in [-0.39, 0.29) is 6.04 Å². The van der Waals surface area contributed by atoms with Crippen LogP contribution in [0.25, 0.3) is 0 Å². The van der Waals surface area contributed by atoms with Gasteiger partial charge in [-0.15, -0.1) is 0 Å². The Balaban J connectivity index is 1.91. The Kier molecular flexibility index (Phi) is 4.35. The number of morpholine rings is 1. The summed E-state index contributed by atoms with van der Waals surface area (Å²) < 4.78 is 6.50. The van der Waals surface area contributed by atoms with Crippen molar-refractivity contribution >= 4 is 15.9 Å². The van der Waals surface area contributed by atoms with E-state index in [0.717, 1.165) is 30.7 Å². The van der Waals surface area contributed by atoms with Gasteiger partial charge >= 0.3 is 0 Å². The Labute approximate surface area is 104 Å². The van der Waals surface area contributed by atoms with Crippen LogP contribution in [0.1, 0.15) is 18.0 Å². The lowest BCUT2D eigenvalue weighted by atomic mass is 10.0. The second kappa shape index (κ2) is 5.77. The summed E-state index contributed by atoms with van der Waals surface area (Å²) in [5.41, 5.74) is 7.34. The normalized spacial score (nSPS) is 23.0. The Morgan fingerprint density at radius 2 is 2.19 bits per heavy atom. The molecule has 16 heavy (non-hydrogen) atoms. The first-order chi connectivity index (χ1) is 7.75. The third-order valence-corrected chi connectivity index (χ3v) is 3.36. The van der Waals surface area contributed by atoms with Gasteiger partial charge in [-0.05, 0) is 24.1 Å². The fraction of sp³-hybridized carbons (Fsp3) is 0.500. The number of nitrogens with one attached hydrogen (secondary N) is 1. The summed E-state index contributed by atoms with van der Waals surface area (Å²) in [6.07, 6.45) is 0.918. The summed E-state index contributed by atoms with van der Waals surface area (Å²) in [5.74, 6) is 0. The van der Waals surface area contributed by atoms with Crippen molar-refractivity contribution < 1.29 is 4.74 Å². The van der Waals surface area contributed by atoms with E-state index in [9.17, 15) is 0 Å². The van der Waals surface area contributed by atoms with Gasteiger partial charge in [0.25, 0.3) is 0 Å². The molecule has 4 heteroatoms. The molecule has 3 N–H and O–H groups in total. The van der Waals surface area contributed by atoms with Crippen molar-refractivity contribution in [1.29, 1.82) is 0 Å². The van der Waals surface area contributed by atoms with Gasteiger partial charge in [0.2, 0.25) is 0 Å². The summed E-state index contributed by atoms with van der Waals surface area (Å²) in [4.78, 5) is 0. The number of halogens is 1. The number of hydrogen-bond acceptors (Lipinski definition) is 3. The number of rotatable bonds is 3. The Hall–Kier alpha value is -0.420. The van der Waals surface area contributed by atoms with E-state index in [1.165, 1.54) is 5.56 Å². The van der Waals surface area contributed by atoms with Crippen LogP contribution in [0.5, 0.6) is 0 Å². The van der Waals surface area contributed by atoms with Crippen LogP contribution in [0.15, 0.2) is 28.7 Å². The van der Waals surface area contributed by atoms with E-state index in [0.29, 0.717) is 6.04 Å². The van der Waals surface area contributed by atoms with Crippen molar-refractivity contribution in [2.24, 2.45) is 5.73 Å². The third-order valence-electron chi connectivity index (χ3n) is 2.84. The molecule has 2 atom stereocenters. The standard InChI is InChI=1S/C12H17BrN2O/c13-10-3-1-9(2-4-10)12(14)7-11-8-16-6-5-15-11/h1-4,11-12,15H,5-8,14H2. The molecule has 0 radical (unpaired) electrons. The molecule has 1 saturated heterocycles. The van der Waals surface area contributed by atoms with Crippen LogP contribution in [0.3, 0.4) is 0 Å². The molecule has 0 aromatic heterocycles. The van der Waals surface area contributed by atoms with Gasteiger partial charge in [-0.1, -0.05) is 28.1 Å². The van der Waals surface area contributed by atoms with Gasteiger partial charge in [0.15, 0.2) is 0 Å². The molecular weight excluding hydrogens is 268 g/mol. The second-order valence-electron chi connectivity index (χ2n) is 4.12. The molecular formula is C12H17BrN2O. The van der Waals surface area contributed by atoms with Gasteiger partial charge in [0.1, 0.15) is 0 Å². The topological polar surface area (TPSA) is 47.3 Å². The highest BCUT2D eigenvalue weighted by molar-refractivity contribution is 9.10. The fourth-order valence-electron chi connectivity index (χ4n) is 1.92. The molecule has 2 unspecified atom stereocenters. The van der Waals surface area contributed by atoms with E-state index >= 15 is 0 Å². The van der Waals surface area contributed by atoms with Gasteiger partial charge in [-0.25, -0.2) is 0 Å². The molecule has 1 aliphatic heterocycles. The molecule has 2 rings (SSSR count). The maximum absolute atomic E-state index is 6.17. The molecule has 88 valence electrons. The molecule has 0 spiro atoms. The van der Waals surface area contributed by atoms with Crippen molar-refractivity contribution in [1.82, 2.24) is 5.32 Å². The van der Waals surface area contributed by atoms with E-state index in [2.05, 4.69) is 33.4 Å². The fourth-order valence-corrected chi connectivity index (χ4v) is 2.19. The number of hydrogen-bond donors (Lipinski definition) is 2. The maximum atomic E-state index is 6.17. The predicted molar refractivity (Wildman–Crippen MR) is 68.3 cm³/mol. The highest BCUT2D eigenvalue weighted by Gasteiger charge is 2.17. The molecule has 3 nitrogen and oxygen atoms in total. The van der Waals surface area contributed by atoms with Gasteiger partial charge in [0, 0.05) is 23.1 Å². The molecule has 1 aromatic rings. The minimum Gasteiger partial charge on any atom is -0.379 e. The molecule has 1 aromatic carbocycles. The first-order valence-corrected chi connectivity index (χ1v) is 6.37. The molecule has 1 heterocycles. The number of nitrogens with two attached hydrogens (primary N) is 1. The summed E-state index contributed by atoms with van der Waals surface area (Å²) in [6.45, 7) is 2.51. The number of benzene rings is 1. The lowest BCUT2D eigenvalue weighted by molar-refractivity contribution is 0.0720. The monoisotopic (exact) mass is 284 g/mol. The zero-order chi connectivity index (χ0) is 11.4. The van der Waals surface area contributed by atoms with Crippen LogP contribution in [-0.4, -0.2) is 25.8 Å². The van der Waals surface area contributed by atoms with Crippen LogP contribution in [0.2, 0.25) is 0 Å². The van der Waals surface area contributed by atoms with Crippen molar-refractivity contribution in [2.75, 3.05) is 19.8 Å². The Morgan fingerprint density at radius 3 is 2.81 bits per heavy atom. The lowest BCUT2D eigenvalue weighted by Gasteiger charge is -2.26. The minimum atomic E-state index is 0.0762. The predicted octanol–water partition coefficient (Wildman–Crippen LogP) is 1.83. The molecule has 0 bridgehead atoms. The highest BCUT2D eigenvalue weighted by atomic mass is 79.9. The SMILES string of the molecule is NC(CC1COCCN1)c1ccc(Br)cc1. The quantitative estimate of drug-likeness (QED) is 0.890. The number of ether oxygens (including phenoxy) is 1. The van der Waals surface area contributed by atoms with Crippen LogP contribution in [0, 0.1) is 0 Å². The summed E-state index contributed by atoms with van der Waals surface area (Å²) in [7, 11) is 0. The van der Waals surface area contributed by atoms with Crippen LogP contribution in [0.4, 0.5) is 0 Å². The van der Waals surface area contributed by atoms with Crippen LogP contribution < -0.4 is 11.1 Å². The largest absolute Gasteiger partial charge is 0.379 e. The van der Waals surface area contributed by atoms with Crippen LogP contribution in [-0.2, 0) is 4.74 Å². The van der Waals surface area contributed by atoms with Crippen LogP contribution >= 0.6 is 15.9 Å². The highest BCUT2D eigenvalue weighted by Crippen LogP contribution is 2.19. The van der Waals surface area contributed by atoms with Gasteiger partial charge in [0.05, 0.1) is 13.2 Å². The molecule has 0 amide bonds. The van der Waals surface area contributed by atoms with Gasteiger partial charge in [-0.3, -0.25) is 0 Å². The molecule has 1 aliphatic rings. The first-order valence-electron chi connectivity index (χ1n) is 5.58. The first kappa shape index (κ1) is 12.0. The lowest BCUT2D eigenvalue weighted by Crippen LogP contribution is -2.42. The summed E-state index contributed by atoms with van der Waals surface area (Å²) in [5, 5.41) is 3.42. The smallest absolute Gasteiger partial charge is 0.0620 e. The van der Waals surface area contributed by atoms with Crippen molar-refractivity contribution in [3.8, 4) is 0 Å². The van der Waals surface area contributed by atoms with E-state index in [4.69, 9.17) is 10.5 Å². The van der Waals surface area contributed by atoms with Crippen molar-refractivity contribution in [2.45, 2.75) is 18.5 Å². The average molecular weight is 285 g/mol. The summed E-state index contributed by atoms with van der Waals surface area (Å²) in [6, 6.07) is 8.65. The van der Waals surface area contributed by atoms with Gasteiger partial charge < -0.3 is 15.8 Å². The zero-order valence-corrected chi connectivity index (χ0v) is 10.7. The third kappa shape index (κ3) is 3.28. The van der Waals surface area contributed by atoms with E-state index in [1.807, 2.05) is 12.1 Å². The molecule has 0 saturated carbocycles. The zero-order valence-electron chi connectivity index (χ0n) is 9.16. The van der Waals surface area contributed by atoms with Crippen molar-refractivity contribution in [3.63, 3.8) is 0 Å². The Morgan fingerprint density at radius 1 is 1.44 bits per heavy atom. The average Bonchev–Trinajstić information content (AvgIpc) is 2.31. The van der Waals surface area contributed by atoms with Crippen molar-refractivity contribution in [3.05, 3.63) is 34.3 Å². The molecule has 0 aliphatic carbocycles. The maximum Gasteiger partial charge on any atom is 0.0620 e. The van der Waals surface area contributed by atoms with Gasteiger partial charge in [-0.2, -0.15) is 0 Å². The van der Waals surface area contributed by atoms with E-state index in [1.54, 1.807) is 0 Å². The second-order valence-corrected chi connectivity index (χ2v) is 5.04. The Bertz CT molecular complexity index is 322. The summed E-state index contributed by atoms with van der Waals surface area (Å²) >= 11 is 3.42. The van der Waals surface area contributed by atoms with E-state index < -0.39 is 0 Å². The molecule has 1 fully saturated rings. The minimum absolute atomic E-state index is 0.0762.